The number of esters is 1. The second-order valence-corrected chi connectivity index (χ2v) is 3.67. The zero-order valence-corrected chi connectivity index (χ0v) is 10.7. The van der Waals surface area contributed by atoms with Gasteiger partial charge in [-0.25, -0.2) is 4.39 Å². The van der Waals surface area contributed by atoms with Crippen molar-refractivity contribution in [1.82, 2.24) is 5.32 Å². The molecule has 0 atom stereocenters. The van der Waals surface area contributed by atoms with Crippen molar-refractivity contribution in [2.24, 2.45) is 0 Å². The van der Waals surface area contributed by atoms with Gasteiger partial charge in [-0.3, -0.25) is 4.79 Å². The largest absolute Gasteiger partial charge is 0.494 e. The van der Waals surface area contributed by atoms with E-state index in [2.05, 4.69) is 5.32 Å². The number of ether oxygens (including phenoxy) is 2. The molecule has 1 N–H and O–H groups in total. The first-order valence-corrected chi connectivity index (χ1v) is 5.86. The number of methoxy groups -OCH3 is 1. The van der Waals surface area contributed by atoms with Gasteiger partial charge in [0.15, 0.2) is 11.6 Å². The minimum Gasteiger partial charge on any atom is -0.494 e. The van der Waals surface area contributed by atoms with Gasteiger partial charge in [0, 0.05) is 18.7 Å². The highest BCUT2D eigenvalue weighted by Crippen LogP contribution is 2.19. The smallest absolute Gasteiger partial charge is 0.307 e. The Balaban J connectivity index is 2.38. The number of rotatable bonds is 7. The molecular formula is C13H18FNO3. The molecule has 0 spiro atoms. The van der Waals surface area contributed by atoms with Crippen LogP contribution in [0.4, 0.5) is 4.39 Å². The SMILES string of the molecule is CCOC(=O)CCNCc1cccc(OC)c1F. The van der Waals surface area contributed by atoms with Crippen LogP contribution in [0.15, 0.2) is 18.2 Å². The number of hydrogen-bond acceptors (Lipinski definition) is 4. The minimum absolute atomic E-state index is 0.222. The lowest BCUT2D eigenvalue weighted by molar-refractivity contribution is -0.142. The first kappa shape index (κ1) is 14.4. The van der Waals surface area contributed by atoms with Gasteiger partial charge in [-0.2, -0.15) is 0 Å². The van der Waals surface area contributed by atoms with Gasteiger partial charge in [-0.05, 0) is 13.0 Å². The summed E-state index contributed by atoms with van der Waals surface area (Å²) in [5.41, 5.74) is 0.512. The zero-order valence-electron chi connectivity index (χ0n) is 10.7. The Morgan fingerprint density at radius 2 is 2.22 bits per heavy atom. The average Bonchev–Trinajstić information content (AvgIpc) is 2.36. The van der Waals surface area contributed by atoms with Crippen molar-refractivity contribution in [2.45, 2.75) is 19.9 Å². The molecular weight excluding hydrogens is 237 g/mol. The van der Waals surface area contributed by atoms with E-state index < -0.39 is 0 Å². The van der Waals surface area contributed by atoms with Crippen LogP contribution in [0, 0.1) is 5.82 Å². The fraction of sp³-hybridized carbons (Fsp3) is 0.462. The fourth-order valence-electron chi connectivity index (χ4n) is 1.50. The van der Waals surface area contributed by atoms with Crippen molar-refractivity contribution in [2.75, 3.05) is 20.3 Å². The molecule has 4 nitrogen and oxygen atoms in total. The first-order valence-electron chi connectivity index (χ1n) is 5.86. The monoisotopic (exact) mass is 255 g/mol. The highest BCUT2D eigenvalue weighted by atomic mass is 19.1. The van der Waals surface area contributed by atoms with Crippen molar-refractivity contribution < 1.29 is 18.7 Å². The molecule has 5 heteroatoms. The van der Waals surface area contributed by atoms with Crippen LogP contribution in [0.3, 0.4) is 0 Å². The van der Waals surface area contributed by atoms with E-state index >= 15 is 0 Å². The third-order valence-corrected chi connectivity index (χ3v) is 2.39. The number of hydrogen-bond donors (Lipinski definition) is 1. The summed E-state index contributed by atoms with van der Waals surface area (Å²) >= 11 is 0. The zero-order chi connectivity index (χ0) is 13.4. The number of nitrogens with one attached hydrogen (secondary N) is 1. The molecule has 0 aliphatic rings. The third kappa shape index (κ3) is 4.33. The summed E-state index contributed by atoms with van der Waals surface area (Å²) in [4.78, 5) is 11.1. The van der Waals surface area contributed by atoms with Crippen LogP contribution in [0.25, 0.3) is 0 Å². The van der Waals surface area contributed by atoms with E-state index in [1.54, 1.807) is 25.1 Å². The lowest BCUT2D eigenvalue weighted by atomic mass is 10.2. The molecule has 0 amide bonds. The predicted octanol–water partition coefficient (Wildman–Crippen LogP) is 1.88. The summed E-state index contributed by atoms with van der Waals surface area (Å²) in [5, 5.41) is 2.99. The molecule has 0 bridgehead atoms. The van der Waals surface area contributed by atoms with Crippen LogP contribution in [0.2, 0.25) is 0 Å². The standard InChI is InChI=1S/C13H18FNO3/c1-3-18-12(16)7-8-15-9-10-5-4-6-11(17-2)13(10)14/h4-6,15H,3,7-9H2,1-2H3. The Bertz CT molecular complexity index is 396. The van der Waals surface area contributed by atoms with Gasteiger partial charge >= 0.3 is 5.97 Å². The van der Waals surface area contributed by atoms with Crippen molar-refractivity contribution in [3.05, 3.63) is 29.6 Å². The predicted molar refractivity (Wildman–Crippen MR) is 65.9 cm³/mol. The molecule has 0 heterocycles. The van der Waals surface area contributed by atoms with Crippen LogP contribution in [0.1, 0.15) is 18.9 Å². The van der Waals surface area contributed by atoms with Crippen LogP contribution < -0.4 is 10.1 Å². The summed E-state index contributed by atoms with van der Waals surface area (Å²) in [5.74, 6) is -0.403. The van der Waals surface area contributed by atoms with E-state index in [9.17, 15) is 9.18 Å². The molecule has 0 aliphatic heterocycles. The van der Waals surface area contributed by atoms with Gasteiger partial charge in [-0.15, -0.1) is 0 Å². The Kier molecular flexibility index (Phi) is 6.14. The van der Waals surface area contributed by atoms with E-state index in [1.807, 2.05) is 0 Å². The van der Waals surface area contributed by atoms with Crippen molar-refractivity contribution >= 4 is 5.97 Å². The molecule has 1 aromatic carbocycles. The molecule has 0 unspecified atom stereocenters. The minimum atomic E-state index is -0.372. The second-order valence-electron chi connectivity index (χ2n) is 3.67. The van der Waals surface area contributed by atoms with Gasteiger partial charge in [0.25, 0.3) is 0 Å². The molecule has 0 fully saturated rings. The van der Waals surface area contributed by atoms with Crippen molar-refractivity contribution in [3.8, 4) is 5.75 Å². The Morgan fingerprint density at radius 3 is 2.89 bits per heavy atom. The van der Waals surface area contributed by atoms with E-state index in [0.29, 0.717) is 25.3 Å². The summed E-state index contributed by atoms with van der Waals surface area (Å²) in [7, 11) is 1.43. The first-order chi connectivity index (χ1) is 8.69. The Hall–Kier alpha value is -1.62. The van der Waals surface area contributed by atoms with Crippen LogP contribution in [-0.2, 0) is 16.1 Å². The van der Waals surface area contributed by atoms with Crippen molar-refractivity contribution in [1.29, 1.82) is 0 Å². The Labute approximate surface area is 106 Å². The average molecular weight is 255 g/mol. The number of carbonyl (C=O) groups excluding carboxylic acids is 1. The molecule has 100 valence electrons. The lowest BCUT2D eigenvalue weighted by Gasteiger charge is -2.08. The summed E-state index contributed by atoms with van der Waals surface area (Å²) in [6.45, 7) is 2.94. The van der Waals surface area contributed by atoms with Gasteiger partial charge in [-0.1, -0.05) is 12.1 Å². The number of carbonyl (C=O) groups is 1. The van der Waals surface area contributed by atoms with E-state index in [-0.39, 0.29) is 24.0 Å². The van der Waals surface area contributed by atoms with Crippen LogP contribution >= 0.6 is 0 Å². The summed E-state index contributed by atoms with van der Waals surface area (Å²) in [6.07, 6.45) is 0.277. The van der Waals surface area contributed by atoms with Gasteiger partial charge in [0.1, 0.15) is 0 Å². The van der Waals surface area contributed by atoms with E-state index in [4.69, 9.17) is 9.47 Å². The van der Waals surface area contributed by atoms with Gasteiger partial charge < -0.3 is 14.8 Å². The van der Waals surface area contributed by atoms with Gasteiger partial charge in [0.2, 0.25) is 0 Å². The Morgan fingerprint density at radius 1 is 1.44 bits per heavy atom. The van der Waals surface area contributed by atoms with Crippen LogP contribution in [0.5, 0.6) is 5.75 Å². The summed E-state index contributed by atoms with van der Waals surface area (Å²) < 4.78 is 23.4. The van der Waals surface area contributed by atoms with Gasteiger partial charge in [0.05, 0.1) is 20.1 Å². The molecule has 1 aromatic rings. The second kappa shape index (κ2) is 7.66. The maximum absolute atomic E-state index is 13.7. The summed E-state index contributed by atoms with van der Waals surface area (Å²) in [6, 6.07) is 4.97. The van der Waals surface area contributed by atoms with E-state index in [0.717, 1.165) is 0 Å². The molecule has 0 saturated carbocycles. The maximum Gasteiger partial charge on any atom is 0.307 e. The van der Waals surface area contributed by atoms with Crippen molar-refractivity contribution in [3.63, 3.8) is 0 Å². The van der Waals surface area contributed by atoms with Crippen LogP contribution in [-0.4, -0.2) is 26.2 Å². The molecule has 1 rings (SSSR count). The molecule has 0 aromatic heterocycles. The normalized spacial score (nSPS) is 10.2. The molecule has 18 heavy (non-hydrogen) atoms. The number of halogens is 1. The van der Waals surface area contributed by atoms with E-state index in [1.165, 1.54) is 7.11 Å². The molecule has 0 aliphatic carbocycles. The number of benzene rings is 1. The maximum atomic E-state index is 13.7. The highest BCUT2D eigenvalue weighted by molar-refractivity contribution is 5.69. The lowest BCUT2D eigenvalue weighted by Crippen LogP contribution is -2.19. The molecule has 0 radical (unpaired) electrons. The fourth-order valence-corrected chi connectivity index (χ4v) is 1.50. The quantitative estimate of drug-likeness (QED) is 0.597. The molecule has 0 saturated heterocycles. The third-order valence-electron chi connectivity index (χ3n) is 2.39. The highest BCUT2D eigenvalue weighted by Gasteiger charge is 2.08. The topological polar surface area (TPSA) is 47.6 Å².